The molecule has 110 valence electrons. The lowest BCUT2D eigenvalue weighted by atomic mass is 9.87. The van der Waals surface area contributed by atoms with Gasteiger partial charge < -0.3 is 16.4 Å². The van der Waals surface area contributed by atoms with Gasteiger partial charge in [-0.3, -0.25) is 9.59 Å². The third-order valence-electron chi connectivity index (χ3n) is 2.77. The number of carbonyl (C=O) groups is 2. The number of hydrogen-bond donors (Lipinski definition) is 3. The Morgan fingerprint density at radius 2 is 1.80 bits per heavy atom. The van der Waals surface area contributed by atoms with Crippen LogP contribution in [-0.2, 0) is 9.59 Å². The van der Waals surface area contributed by atoms with Crippen molar-refractivity contribution in [1.82, 2.24) is 5.32 Å². The minimum absolute atomic E-state index is 0.0985. The third kappa shape index (κ3) is 5.30. The van der Waals surface area contributed by atoms with Crippen molar-refractivity contribution in [3.8, 4) is 0 Å². The molecule has 5 nitrogen and oxygen atoms in total. The number of nitrogens with one attached hydrogen (secondary N) is 2. The van der Waals surface area contributed by atoms with Crippen LogP contribution in [-0.4, -0.2) is 24.4 Å². The van der Waals surface area contributed by atoms with Gasteiger partial charge in [0.25, 0.3) is 0 Å². The fourth-order valence-corrected chi connectivity index (χ4v) is 1.67. The molecule has 1 aromatic rings. The molecule has 2 amide bonds. The second-order valence-electron chi connectivity index (χ2n) is 5.62. The van der Waals surface area contributed by atoms with Gasteiger partial charge in [0.1, 0.15) is 0 Å². The Bertz CT molecular complexity index is 480. The first-order valence-electron chi connectivity index (χ1n) is 6.29. The molecule has 0 aliphatic heterocycles. The lowest BCUT2D eigenvalue weighted by Crippen LogP contribution is -2.50. The van der Waals surface area contributed by atoms with E-state index in [4.69, 9.17) is 5.73 Å². The SMILES string of the molecule is CC(C)(C)[C@H](N)C(=O)NCC(=O)Nc1ccc(Br)cc1. The predicted octanol–water partition coefficient (Wildman–Crippen LogP) is 1.88. The van der Waals surface area contributed by atoms with Crippen LogP contribution in [0.4, 0.5) is 5.69 Å². The van der Waals surface area contributed by atoms with Crippen LogP contribution >= 0.6 is 15.9 Å². The molecule has 0 heterocycles. The van der Waals surface area contributed by atoms with E-state index in [-0.39, 0.29) is 23.8 Å². The summed E-state index contributed by atoms with van der Waals surface area (Å²) in [5, 5.41) is 5.22. The van der Waals surface area contributed by atoms with E-state index in [1.807, 2.05) is 32.9 Å². The molecule has 1 aromatic carbocycles. The first kappa shape index (κ1) is 16.7. The Morgan fingerprint density at radius 3 is 2.30 bits per heavy atom. The van der Waals surface area contributed by atoms with Crippen molar-refractivity contribution in [2.75, 3.05) is 11.9 Å². The molecule has 0 aliphatic carbocycles. The second kappa shape index (κ2) is 6.85. The summed E-state index contributed by atoms with van der Waals surface area (Å²) in [6.45, 7) is 5.52. The first-order chi connectivity index (χ1) is 9.20. The van der Waals surface area contributed by atoms with Gasteiger partial charge in [-0.05, 0) is 29.7 Å². The van der Waals surface area contributed by atoms with Crippen LogP contribution in [0.15, 0.2) is 28.7 Å². The second-order valence-corrected chi connectivity index (χ2v) is 6.53. The molecule has 0 unspecified atom stereocenters. The van der Waals surface area contributed by atoms with E-state index in [1.54, 1.807) is 12.1 Å². The Kier molecular flexibility index (Phi) is 5.71. The summed E-state index contributed by atoms with van der Waals surface area (Å²) < 4.78 is 0.931. The maximum absolute atomic E-state index is 11.8. The fourth-order valence-electron chi connectivity index (χ4n) is 1.41. The van der Waals surface area contributed by atoms with Crippen LogP contribution in [0.1, 0.15) is 20.8 Å². The normalized spacial score (nSPS) is 12.7. The summed E-state index contributed by atoms with van der Waals surface area (Å²) in [7, 11) is 0. The molecule has 0 fully saturated rings. The van der Waals surface area contributed by atoms with E-state index in [9.17, 15) is 9.59 Å². The van der Waals surface area contributed by atoms with Crippen molar-refractivity contribution >= 4 is 33.4 Å². The van der Waals surface area contributed by atoms with Crippen molar-refractivity contribution < 1.29 is 9.59 Å². The molecule has 0 aromatic heterocycles. The van der Waals surface area contributed by atoms with Crippen LogP contribution in [0.5, 0.6) is 0 Å². The minimum atomic E-state index is -0.650. The van der Waals surface area contributed by atoms with Crippen molar-refractivity contribution in [2.24, 2.45) is 11.1 Å². The lowest BCUT2D eigenvalue weighted by Gasteiger charge is -2.25. The van der Waals surface area contributed by atoms with Crippen LogP contribution < -0.4 is 16.4 Å². The minimum Gasteiger partial charge on any atom is -0.346 e. The Balaban J connectivity index is 2.44. The van der Waals surface area contributed by atoms with Gasteiger partial charge in [0.05, 0.1) is 12.6 Å². The van der Waals surface area contributed by atoms with E-state index in [0.717, 1.165) is 4.47 Å². The van der Waals surface area contributed by atoms with Crippen molar-refractivity contribution in [1.29, 1.82) is 0 Å². The maximum atomic E-state index is 11.8. The highest BCUT2D eigenvalue weighted by atomic mass is 79.9. The van der Waals surface area contributed by atoms with Crippen LogP contribution in [0.3, 0.4) is 0 Å². The van der Waals surface area contributed by atoms with Crippen molar-refractivity contribution in [3.63, 3.8) is 0 Å². The number of carbonyl (C=O) groups excluding carboxylic acids is 2. The number of benzene rings is 1. The number of halogens is 1. The molecule has 1 atom stereocenters. The highest BCUT2D eigenvalue weighted by molar-refractivity contribution is 9.10. The monoisotopic (exact) mass is 341 g/mol. The van der Waals surface area contributed by atoms with E-state index in [1.165, 1.54) is 0 Å². The van der Waals surface area contributed by atoms with Crippen LogP contribution in [0.2, 0.25) is 0 Å². The number of hydrogen-bond acceptors (Lipinski definition) is 3. The zero-order valence-electron chi connectivity index (χ0n) is 11.9. The molecule has 0 saturated carbocycles. The molecular weight excluding hydrogens is 322 g/mol. The smallest absolute Gasteiger partial charge is 0.243 e. The van der Waals surface area contributed by atoms with Crippen molar-refractivity contribution in [3.05, 3.63) is 28.7 Å². The fraction of sp³-hybridized carbons (Fsp3) is 0.429. The zero-order valence-corrected chi connectivity index (χ0v) is 13.5. The van der Waals surface area contributed by atoms with Gasteiger partial charge in [-0.15, -0.1) is 0 Å². The maximum Gasteiger partial charge on any atom is 0.243 e. The Morgan fingerprint density at radius 1 is 1.25 bits per heavy atom. The standard InChI is InChI=1S/C14H20BrN3O2/c1-14(2,3)12(16)13(20)17-8-11(19)18-10-6-4-9(15)5-7-10/h4-7,12H,8,16H2,1-3H3,(H,17,20)(H,18,19)/t12-/m1/s1. The quantitative estimate of drug-likeness (QED) is 0.781. The number of nitrogens with two attached hydrogens (primary N) is 1. The Labute approximate surface area is 127 Å². The highest BCUT2D eigenvalue weighted by Crippen LogP contribution is 2.17. The van der Waals surface area contributed by atoms with Gasteiger partial charge in [-0.1, -0.05) is 36.7 Å². The van der Waals surface area contributed by atoms with Gasteiger partial charge in [-0.25, -0.2) is 0 Å². The highest BCUT2D eigenvalue weighted by Gasteiger charge is 2.27. The van der Waals surface area contributed by atoms with E-state index >= 15 is 0 Å². The zero-order chi connectivity index (χ0) is 15.3. The molecule has 1 rings (SSSR count). The lowest BCUT2D eigenvalue weighted by molar-refractivity contribution is -0.126. The summed E-state index contributed by atoms with van der Waals surface area (Å²) >= 11 is 3.31. The Hall–Kier alpha value is -1.40. The third-order valence-corrected chi connectivity index (χ3v) is 3.30. The molecule has 6 heteroatoms. The molecule has 0 radical (unpaired) electrons. The average Bonchev–Trinajstić information content (AvgIpc) is 2.36. The van der Waals surface area contributed by atoms with Crippen LogP contribution in [0.25, 0.3) is 0 Å². The number of anilines is 1. The molecule has 0 aliphatic rings. The molecule has 4 N–H and O–H groups in total. The number of rotatable bonds is 4. The molecule has 20 heavy (non-hydrogen) atoms. The van der Waals surface area contributed by atoms with Crippen molar-refractivity contribution in [2.45, 2.75) is 26.8 Å². The number of amides is 2. The molecule has 0 spiro atoms. The first-order valence-corrected chi connectivity index (χ1v) is 7.08. The average molecular weight is 342 g/mol. The summed E-state index contributed by atoms with van der Waals surface area (Å²) in [6.07, 6.45) is 0. The topological polar surface area (TPSA) is 84.2 Å². The summed E-state index contributed by atoms with van der Waals surface area (Å²) in [5.41, 5.74) is 6.13. The summed E-state index contributed by atoms with van der Waals surface area (Å²) in [5.74, 6) is -0.620. The van der Waals surface area contributed by atoms with Gasteiger partial charge >= 0.3 is 0 Å². The van der Waals surface area contributed by atoms with Gasteiger partial charge in [0.2, 0.25) is 11.8 Å². The van der Waals surface area contributed by atoms with Gasteiger partial charge in [0.15, 0.2) is 0 Å². The van der Waals surface area contributed by atoms with E-state index in [2.05, 4.69) is 26.6 Å². The van der Waals surface area contributed by atoms with Gasteiger partial charge in [-0.2, -0.15) is 0 Å². The van der Waals surface area contributed by atoms with Gasteiger partial charge in [0, 0.05) is 10.2 Å². The van der Waals surface area contributed by atoms with E-state index in [0.29, 0.717) is 5.69 Å². The molecular formula is C14H20BrN3O2. The largest absolute Gasteiger partial charge is 0.346 e. The van der Waals surface area contributed by atoms with E-state index < -0.39 is 6.04 Å². The van der Waals surface area contributed by atoms with Crippen LogP contribution in [0, 0.1) is 5.41 Å². The molecule has 0 saturated heterocycles. The summed E-state index contributed by atoms with van der Waals surface area (Å²) in [4.78, 5) is 23.5. The summed E-state index contributed by atoms with van der Waals surface area (Å²) in [6, 6.07) is 6.53. The molecule has 0 bridgehead atoms. The predicted molar refractivity (Wildman–Crippen MR) is 83.2 cm³/mol.